The summed E-state index contributed by atoms with van der Waals surface area (Å²) < 4.78 is 0. The van der Waals surface area contributed by atoms with E-state index in [1.165, 1.54) is 32.1 Å². The van der Waals surface area contributed by atoms with Gasteiger partial charge in [-0.1, -0.05) is 27.7 Å². The first kappa shape index (κ1) is 15.3. The number of aliphatic hydroxyl groups excluding tert-OH is 1. The van der Waals surface area contributed by atoms with Gasteiger partial charge in [0, 0.05) is 18.1 Å². The first-order valence-corrected chi connectivity index (χ1v) is 8.30. The smallest absolute Gasteiger partial charge is 0.0695 e. The highest BCUT2D eigenvalue weighted by atomic mass is 16.3. The number of likely N-dealkylation sites (tertiary alicyclic amines) is 1. The maximum atomic E-state index is 10.5. The fraction of sp³-hybridized carbons (Fsp3) is 1.00. The first-order valence-electron chi connectivity index (χ1n) is 8.30. The molecule has 19 heavy (non-hydrogen) atoms. The van der Waals surface area contributed by atoms with E-state index < -0.39 is 0 Å². The fourth-order valence-corrected chi connectivity index (χ4v) is 4.34. The quantitative estimate of drug-likeness (QED) is 0.822. The zero-order chi connectivity index (χ0) is 14.2. The van der Waals surface area contributed by atoms with Crippen LogP contribution in [0, 0.1) is 11.3 Å². The normalized spacial score (nSPS) is 41.7. The summed E-state index contributed by atoms with van der Waals surface area (Å²) in [5, 5.41) is 10.5. The largest absolute Gasteiger partial charge is 0.391 e. The molecule has 2 heteroatoms. The molecule has 0 aromatic heterocycles. The van der Waals surface area contributed by atoms with Gasteiger partial charge in [-0.2, -0.15) is 0 Å². The zero-order valence-corrected chi connectivity index (χ0v) is 13.5. The van der Waals surface area contributed by atoms with Crippen molar-refractivity contribution in [2.75, 3.05) is 0 Å². The van der Waals surface area contributed by atoms with Gasteiger partial charge in [0.1, 0.15) is 0 Å². The minimum absolute atomic E-state index is 0.104. The molecule has 2 aliphatic rings. The Bertz CT molecular complexity index is 296. The molecule has 1 N–H and O–H groups in total. The van der Waals surface area contributed by atoms with Crippen molar-refractivity contribution >= 4 is 0 Å². The van der Waals surface area contributed by atoms with Crippen LogP contribution in [0.3, 0.4) is 0 Å². The van der Waals surface area contributed by atoms with Gasteiger partial charge in [0.05, 0.1) is 6.10 Å². The van der Waals surface area contributed by atoms with Gasteiger partial charge >= 0.3 is 0 Å². The van der Waals surface area contributed by atoms with Crippen LogP contribution in [-0.4, -0.2) is 34.2 Å². The maximum absolute atomic E-state index is 10.5. The van der Waals surface area contributed by atoms with Gasteiger partial charge in [0.15, 0.2) is 0 Å². The Morgan fingerprint density at radius 2 is 1.79 bits per heavy atom. The maximum Gasteiger partial charge on any atom is 0.0695 e. The van der Waals surface area contributed by atoms with Crippen LogP contribution < -0.4 is 0 Å². The highest BCUT2D eigenvalue weighted by Gasteiger charge is 2.43. The Morgan fingerprint density at radius 3 is 2.37 bits per heavy atom. The van der Waals surface area contributed by atoms with Crippen molar-refractivity contribution in [3.63, 3.8) is 0 Å². The third-order valence-electron chi connectivity index (χ3n) is 5.71. The molecule has 1 saturated carbocycles. The summed E-state index contributed by atoms with van der Waals surface area (Å²) in [4.78, 5) is 2.67. The summed E-state index contributed by atoms with van der Waals surface area (Å²) in [7, 11) is 0. The summed E-state index contributed by atoms with van der Waals surface area (Å²) >= 11 is 0. The molecule has 1 aliphatic heterocycles. The SMILES string of the molecule is CCC1CCC(C)N1C1CC(C(C)(C)C)CCC1O. The minimum Gasteiger partial charge on any atom is -0.391 e. The first-order chi connectivity index (χ1) is 8.84. The Morgan fingerprint density at radius 1 is 1.11 bits per heavy atom. The van der Waals surface area contributed by atoms with Gasteiger partial charge in [-0.15, -0.1) is 0 Å². The van der Waals surface area contributed by atoms with Crippen LogP contribution in [0.2, 0.25) is 0 Å². The van der Waals surface area contributed by atoms with Crippen LogP contribution in [0.4, 0.5) is 0 Å². The number of rotatable bonds is 2. The Labute approximate surface area is 119 Å². The molecule has 0 bridgehead atoms. The van der Waals surface area contributed by atoms with E-state index in [0.29, 0.717) is 23.5 Å². The second-order valence-corrected chi connectivity index (χ2v) is 7.95. The van der Waals surface area contributed by atoms with E-state index in [2.05, 4.69) is 39.5 Å². The van der Waals surface area contributed by atoms with Crippen molar-refractivity contribution < 1.29 is 5.11 Å². The molecule has 0 aromatic carbocycles. The van der Waals surface area contributed by atoms with Gasteiger partial charge in [-0.25, -0.2) is 0 Å². The van der Waals surface area contributed by atoms with Crippen LogP contribution in [0.1, 0.15) is 73.1 Å². The third-order valence-corrected chi connectivity index (χ3v) is 5.71. The second-order valence-electron chi connectivity index (χ2n) is 7.95. The van der Waals surface area contributed by atoms with E-state index in [9.17, 15) is 5.11 Å². The number of hydrogen-bond donors (Lipinski definition) is 1. The van der Waals surface area contributed by atoms with Crippen molar-refractivity contribution in [2.24, 2.45) is 11.3 Å². The predicted octanol–water partition coefficient (Wildman–Crippen LogP) is 3.83. The van der Waals surface area contributed by atoms with Crippen LogP contribution in [0.25, 0.3) is 0 Å². The summed E-state index contributed by atoms with van der Waals surface area (Å²) in [5.74, 6) is 0.756. The molecule has 2 nitrogen and oxygen atoms in total. The molecular formula is C17H33NO. The minimum atomic E-state index is -0.104. The summed E-state index contributed by atoms with van der Waals surface area (Å²) in [6.07, 6.45) is 7.13. The van der Waals surface area contributed by atoms with Crippen molar-refractivity contribution in [2.45, 2.75) is 97.4 Å². The molecule has 5 atom stereocenters. The van der Waals surface area contributed by atoms with Gasteiger partial charge in [0.2, 0.25) is 0 Å². The molecule has 0 aromatic rings. The van der Waals surface area contributed by atoms with Gasteiger partial charge in [-0.3, -0.25) is 4.90 Å². The average molecular weight is 267 g/mol. The van der Waals surface area contributed by atoms with Crippen LogP contribution in [0.5, 0.6) is 0 Å². The molecule has 1 heterocycles. The number of nitrogens with zero attached hydrogens (tertiary/aromatic N) is 1. The van der Waals surface area contributed by atoms with Gasteiger partial charge in [0.25, 0.3) is 0 Å². The molecular weight excluding hydrogens is 234 g/mol. The Kier molecular flexibility index (Phi) is 4.62. The summed E-state index contributed by atoms with van der Waals surface area (Å²) in [6.45, 7) is 11.7. The molecule has 0 spiro atoms. The van der Waals surface area contributed by atoms with E-state index >= 15 is 0 Å². The van der Waals surface area contributed by atoms with Crippen LogP contribution in [-0.2, 0) is 0 Å². The molecule has 112 valence electrons. The predicted molar refractivity (Wildman–Crippen MR) is 81.2 cm³/mol. The Balaban J connectivity index is 2.12. The molecule has 5 unspecified atom stereocenters. The number of aliphatic hydroxyl groups is 1. The second kappa shape index (κ2) is 5.73. The van der Waals surface area contributed by atoms with Gasteiger partial charge in [-0.05, 0) is 56.8 Å². The molecule has 1 aliphatic carbocycles. The molecule has 2 fully saturated rings. The summed E-state index contributed by atoms with van der Waals surface area (Å²) in [5.41, 5.74) is 0.378. The van der Waals surface area contributed by atoms with Gasteiger partial charge < -0.3 is 5.11 Å². The van der Waals surface area contributed by atoms with E-state index in [0.717, 1.165) is 12.3 Å². The van der Waals surface area contributed by atoms with Crippen molar-refractivity contribution in [1.29, 1.82) is 0 Å². The third kappa shape index (κ3) is 3.16. The lowest BCUT2D eigenvalue weighted by molar-refractivity contribution is -0.0347. The highest BCUT2D eigenvalue weighted by molar-refractivity contribution is 4.97. The molecule has 0 radical (unpaired) electrons. The van der Waals surface area contributed by atoms with E-state index in [1.807, 2.05) is 0 Å². The van der Waals surface area contributed by atoms with E-state index in [4.69, 9.17) is 0 Å². The van der Waals surface area contributed by atoms with Crippen LogP contribution >= 0.6 is 0 Å². The van der Waals surface area contributed by atoms with E-state index in [-0.39, 0.29) is 6.10 Å². The highest BCUT2D eigenvalue weighted by Crippen LogP contribution is 2.42. The monoisotopic (exact) mass is 267 g/mol. The summed E-state index contributed by atoms with van der Waals surface area (Å²) in [6, 6.07) is 1.76. The zero-order valence-electron chi connectivity index (χ0n) is 13.5. The van der Waals surface area contributed by atoms with Crippen molar-refractivity contribution in [3.8, 4) is 0 Å². The molecule has 0 amide bonds. The molecule has 1 saturated heterocycles. The average Bonchev–Trinajstić information content (AvgIpc) is 2.69. The van der Waals surface area contributed by atoms with Crippen molar-refractivity contribution in [3.05, 3.63) is 0 Å². The topological polar surface area (TPSA) is 23.5 Å². The van der Waals surface area contributed by atoms with E-state index in [1.54, 1.807) is 0 Å². The Hall–Kier alpha value is -0.0800. The molecule has 2 rings (SSSR count). The van der Waals surface area contributed by atoms with Crippen LogP contribution in [0.15, 0.2) is 0 Å². The number of hydrogen-bond acceptors (Lipinski definition) is 2. The lowest BCUT2D eigenvalue weighted by atomic mass is 9.69. The lowest BCUT2D eigenvalue weighted by Gasteiger charge is -2.46. The fourth-order valence-electron chi connectivity index (χ4n) is 4.34. The standard InChI is InChI=1S/C17H33NO/c1-6-14-9-7-12(2)18(14)15-11-13(17(3,4)5)8-10-16(15)19/h12-16,19H,6-11H2,1-5H3. The lowest BCUT2D eigenvalue weighted by Crippen LogP contribution is -2.52. The van der Waals surface area contributed by atoms with Crippen molar-refractivity contribution in [1.82, 2.24) is 4.90 Å².